The van der Waals surface area contributed by atoms with Crippen LogP contribution in [0.5, 0.6) is 0 Å². The lowest BCUT2D eigenvalue weighted by atomic mass is 10.5. The molecule has 0 saturated carbocycles. The third kappa shape index (κ3) is 4.09. The van der Waals surface area contributed by atoms with Gasteiger partial charge in [-0.1, -0.05) is 6.92 Å². The lowest BCUT2D eigenvalue weighted by Crippen LogP contribution is -2.29. The van der Waals surface area contributed by atoms with Crippen LogP contribution in [-0.4, -0.2) is 34.9 Å². The van der Waals surface area contributed by atoms with Crippen molar-refractivity contribution in [2.24, 2.45) is 5.73 Å². The van der Waals surface area contributed by atoms with Crippen molar-refractivity contribution in [1.29, 1.82) is 0 Å². The molecule has 18 heavy (non-hydrogen) atoms. The van der Waals surface area contributed by atoms with E-state index in [9.17, 15) is 16.8 Å². The monoisotopic (exact) mass is 296 g/mol. The maximum Gasteiger partial charge on any atom is 0.273 e. The Hall–Kier alpha value is -0.900. The van der Waals surface area contributed by atoms with E-state index >= 15 is 0 Å². The Labute approximate surface area is 106 Å². The van der Waals surface area contributed by atoms with Crippen molar-refractivity contribution < 1.29 is 21.3 Å². The number of hydrogen-bond donors (Lipinski definition) is 2. The molecule has 0 aromatic carbocycles. The van der Waals surface area contributed by atoms with Crippen LogP contribution in [0, 0.1) is 0 Å². The van der Waals surface area contributed by atoms with E-state index in [2.05, 4.69) is 4.72 Å². The van der Waals surface area contributed by atoms with E-state index in [0.29, 0.717) is 5.76 Å². The summed E-state index contributed by atoms with van der Waals surface area (Å²) in [6, 6.07) is 2.73. The van der Waals surface area contributed by atoms with Crippen molar-refractivity contribution in [2.45, 2.75) is 18.6 Å². The Morgan fingerprint density at radius 3 is 2.44 bits per heavy atom. The highest BCUT2D eigenvalue weighted by molar-refractivity contribution is 7.91. The molecule has 0 radical (unpaired) electrons. The molecule has 0 aliphatic rings. The largest absolute Gasteiger partial charge is 0.447 e. The van der Waals surface area contributed by atoms with Gasteiger partial charge >= 0.3 is 0 Å². The zero-order chi connectivity index (χ0) is 13.8. The maximum absolute atomic E-state index is 11.7. The first-order chi connectivity index (χ1) is 8.30. The predicted molar refractivity (Wildman–Crippen MR) is 66.1 cm³/mol. The van der Waals surface area contributed by atoms with Gasteiger partial charge in [-0.15, -0.1) is 0 Å². The summed E-state index contributed by atoms with van der Waals surface area (Å²) >= 11 is 0. The van der Waals surface area contributed by atoms with Gasteiger partial charge < -0.3 is 10.2 Å². The molecular weight excluding hydrogens is 280 g/mol. The van der Waals surface area contributed by atoms with E-state index in [1.54, 1.807) is 0 Å². The average molecular weight is 296 g/mol. The van der Waals surface area contributed by atoms with Gasteiger partial charge in [0.05, 0.1) is 12.3 Å². The molecule has 0 aliphatic carbocycles. The summed E-state index contributed by atoms with van der Waals surface area (Å²) in [5, 5.41) is -0.267. The molecule has 0 amide bonds. The smallest absolute Gasteiger partial charge is 0.273 e. The van der Waals surface area contributed by atoms with Crippen molar-refractivity contribution in [3.05, 3.63) is 17.9 Å². The Morgan fingerprint density at radius 2 is 1.94 bits per heavy atom. The molecule has 0 fully saturated rings. The van der Waals surface area contributed by atoms with E-state index in [1.807, 2.05) is 0 Å². The third-order valence-electron chi connectivity index (χ3n) is 2.25. The van der Waals surface area contributed by atoms with Crippen LogP contribution < -0.4 is 10.5 Å². The first kappa shape index (κ1) is 15.2. The van der Waals surface area contributed by atoms with Gasteiger partial charge in [0, 0.05) is 12.3 Å². The number of nitrogens with one attached hydrogen (secondary N) is 1. The van der Waals surface area contributed by atoms with Crippen LogP contribution in [0.25, 0.3) is 0 Å². The Bertz CT molecular complexity index is 588. The molecule has 1 aromatic heterocycles. The summed E-state index contributed by atoms with van der Waals surface area (Å²) in [6.45, 7) is 1.42. The lowest BCUT2D eigenvalue weighted by Gasteiger charge is -2.04. The second-order valence-electron chi connectivity index (χ2n) is 3.56. The third-order valence-corrected chi connectivity index (χ3v) is 5.29. The van der Waals surface area contributed by atoms with Gasteiger partial charge in [0.25, 0.3) is 10.0 Å². The summed E-state index contributed by atoms with van der Waals surface area (Å²) in [6.07, 6.45) is 0. The summed E-state index contributed by atoms with van der Waals surface area (Å²) in [5.41, 5.74) is 5.29. The highest BCUT2D eigenvalue weighted by Crippen LogP contribution is 2.12. The molecule has 104 valence electrons. The molecule has 0 atom stereocenters. The number of rotatable bonds is 7. The van der Waals surface area contributed by atoms with E-state index < -0.39 is 19.9 Å². The molecule has 0 saturated heterocycles. The number of nitrogens with two attached hydrogens (primary N) is 1. The van der Waals surface area contributed by atoms with Crippen molar-refractivity contribution in [3.8, 4) is 0 Å². The normalized spacial score (nSPS) is 12.8. The number of hydrogen-bond acceptors (Lipinski definition) is 6. The maximum atomic E-state index is 11.7. The second-order valence-corrected chi connectivity index (χ2v) is 7.73. The van der Waals surface area contributed by atoms with Crippen molar-refractivity contribution in [2.75, 3.05) is 18.1 Å². The van der Waals surface area contributed by atoms with Crippen LogP contribution >= 0.6 is 0 Å². The summed E-state index contributed by atoms with van der Waals surface area (Å²) in [5.74, 6) is 0.0801. The predicted octanol–water partition coefficient (Wildman–Crippen LogP) is -0.549. The van der Waals surface area contributed by atoms with Crippen molar-refractivity contribution >= 4 is 19.9 Å². The highest BCUT2D eigenvalue weighted by Gasteiger charge is 2.19. The van der Waals surface area contributed by atoms with Gasteiger partial charge in [-0.05, 0) is 12.1 Å². The van der Waals surface area contributed by atoms with E-state index in [-0.39, 0.29) is 29.7 Å². The standard InChI is InChI=1S/C9H16N2O5S2/c1-2-17(12,13)6-5-11-18(14,15)9-4-3-8(7-10)16-9/h3-4,11H,2,5-7,10H2,1H3. The zero-order valence-corrected chi connectivity index (χ0v) is 11.6. The van der Waals surface area contributed by atoms with Gasteiger partial charge in [-0.3, -0.25) is 0 Å². The molecule has 0 spiro atoms. The summed E-state index contributed by atoms with van der Waals surface area (Å²) < 4.78 is 52.9. The molecule has 0 aliphatic heterocycles. The van der Waals surface area contributed by atoms with E-state index in [1.165, 1.54) is 19.1 Å². The number of sulfonamides is 1. The fourth-order valence-electron chi connectivity index (χ4n) is 1.16. The van der Waals surface area contributed by atoms with Crippen LogP contribution in [0.2, 0.25) is 0 Å². The van der Waals surface area contributed by atoms with E-state index in [0.717, 1.165) is 0 Å². The topological polar surface area (TPSA) is 119 Å². The Balaban J connectivity index is 2.66. The van der Waals surface area contributed by atoms with Gasteiger partial charge in [-0.2, -0.15) is 0 Å². The fraction of sp³-hybridized carbons (Fsp3) is 0.556. The molecule has 0 bridgehead atoms. The number of sulfone groups is 1. The van der Waals surface area contributed by atoms with Crippen molar-refractivity contribution in [1.82, 2.24) is 4.72 Å². The zero-order valence-electron chi connectivity index (χ0n) is 9.92. The minimum Gasteiger partial charge on any atom is -0.447 e. The summed E-state index contributed by atoms with van der Waals surface area (Å²) in [4.78, 5) is 0. The van der Waals surface area contributed by atoms with Gasteiger partial charge in [0.15, 0.2) is 9.84 Å². The molecule has 1 rings (SSSR count). The molecule has 0 unspecified atom stereocenters. The SMILES string of the molecule is CCS(=O)(=O)CCNS(=O)(=O)c1ccc(CN)o1. The van der Waals surface area contributed by atoms with E-state index in [4.69, 9.17) is 10.2 Å². The lowest BCUT2D eigenvalue weighted by molar-refractivity contribution is 0.413. The molecular formula is C9H16N2O5S2. The first-order valence-electron chi connectivity index (χ1n) is 5.29. The second kappa shape index (κ2) is 5.83. The first-order valence-corrected chi connectivity index (χ1v) is 8.60. The average Bonchev–Trinajstić information content (AvgIpc) is 2.77. The molecule has 7 nitrogen and oxygen atoms in total. The Kier molecular flexibility index (Phi) is 4.91. The van der Waals surface area contributed by atoms with Crippen LogP contribution in [-0.2, 0) is 26.4 Å². The molecule has 9 heteroatoms. The van der Waals surface area contributed by atoms with Crippen LogP contribution in [0.1, 0.15) is 12.7 Å². The minimum absolute atomic E-state index is 0.0210. The quantitative estimate of drug-likeness (QED) is 0.696. The molecule has 3 N–H and O–H groups in total. The van der Waals surface area contributed by atoms with Crippen LogP contribution in [0.15, 0.2) is 21.6 Å². The van der Waals surface area contributed by atoms with Gasteiger partial charge in [0.2, 0.25) is 5.09 Å². The van der Waals surface area contributed by atoms with Crippen LogP contribution in [0.4, 0.5) is 0 Å². The number of furan rings is 1. The van der Waals surface area contributed by atoms with Crippen LogP contribution in [0.3, 0.4) is 0 Å². The Morgan fingerprint density at radius 1 is 1.28 bits per heavy atom. The van der Waals surface area contributed by atoms with Crippen molar-refractivity contribution in [3.63, 3.8) is 0 Å². The molecule has 1 aromatic rings. The molecule has 1 heterocycles. The highest BCUT2D eigenvalue weighted by atomic mass is 32.2. The fourth-order valence-corrected chi connectivity index (χ4v) is 2.97. The van der Waals surface area contributed by atoms with Gasteiger partial charge in [-0.25, -0.2) is 21.6 Å². The van der Waals surface area contributed by atoms with Gasteiger partial charge in [0.1, 0.15) is 5.76 Å². The summed E-state index contributed by atoms with van der Waals surface area (Å²) in [7, 11) is -7.02. The minimum atomic E-state index is -3.82.